The van der Waals surface area contributed by atoms with Crippen LogP contribution >= 0.6 is 11.3 Å². The summed E-state index contributed by atoms with van der Waals surface area (Å²) >= 11 is 1.90. The Kier molecular flexibility index (Phi) is 7.41. The lowest BCUT2D eigenvalue weighted by molar-refractivity contribution is 0.590. The molecule has 0 saturated carbocycles. The zero-order valence-corrected chi connectivity index (χ0v) is 34.4. The fourth-order valence-electron chi connectivity index (χ4n) is 10.1. The molecule has 0 fully saturated rings. The Morgan fingerprint density at radius 1 is 0.508 bits per heavy atom. The molecule has 0 unspecified atom stereocenters. The highest BCUT2D eigenvalue weighted by molar-refractivity contribution is 7.26. The molecule has 0 radical (unpaired) electrons. The third-order valence-corrected chi connectivity index (χ3v) is 14.0. The van der Waals surface area contributed by atoms with E-state index in [1.165, 1.54) is 114 Å². The number of nitrogens with zero attached hydrogens (tertiary/aromatic N) is 2. The standard InChI is InChI=1S/C55H41BN2S/c1-34-30-37(35-14-6-5-7-15-35)23-28-47(34)57-49-33-51-44(43-20-12-13-21-50(43)59-51)32-46(49)56-53-45(31-38-17-9-11-19-42(38)54(53)57)52-41-18-10-8-16-36(41)22-29-48(52)58(56)40-26-24-39(25-27-40)55(2,3)4/h5-33H,1-4H3. The van der Waals surface area contributed by atoms with Crippen molar-refractivity contribution in [3.8, 4) is 22.3 Å². The van der Waals surface area contributed by atoms with Gasteiger partial charge in [0.15, 0.2) is 0 Å². The number of hydrogen-bond donors (Lipinski definition) is 0. The molecule has 0 bridgehead atoms. The van der Waals surface area contributed by atoms with Crippen LogP contribution in [0.2, 0.25) is 0 Å². The minimum atomic E-state index is -0.0861. The lowest BCUT2D eigenvalue weighted by atomic mass is 9.43. The Morgan fingerprint density at radius 2 is 1.20 bits per heavy atom. The van der Waals surface area contributed by atoms with E-state index in [4.69, 9.17) is 0 Å². The number of anilines is 5. The van der Waals surface area contributed by atoms with Crippen LogP contribution in [0.15, 0.2) is 176 Å². The highest BCUT2D eigenvalue weighted by Gasteiger charge is 2.46. The maximum absolute atomic E-state index is 2.66. The molecule has 0 N–H and O–H groups in total. The Morgan fingerprint density at radius 3 is 1.98 bits per heavy atom. The monoisotopic (exact) mass is 772 g/mol. The van der Waals surface area contributed by atoms with Crippen LogP contribution in [0.1, 0.15) is 31.9 Å². The van der Waals surface area contributed by atoms with Gasteiger partial charge in [0.1, 0.15) is 0 Å². The van der Waals surface area contributed by atoms with E-state index in [0.717, 1.165) is 0 Å². The number of hydrogen-bond acceptors (Lipinski definition) is 3. The molecule has 10 aromatic rings. The molecule has 59 heavy (non-hydrogen) atoms. The summed E-state index contributed by atoms with van der Waals surface area (Å²) in [5, 5.41) is 7.67. The molecule has 0 spiro atoms. The SMILES string of the molecule is Cc1cc(-c2ccccc2)ccc1N1c2cc3sc4ccccc4c3cc2B2c3c(cc4ccccc4c31)-c1c(ccc3ccccc13)N2c1ccc(C(C)(C)C)cc1. The van der Waals surface area contributed by atoms with Crippen molar-refractivity contribution < 1.29 is 0 Å². The van der Waals surface area contributed by atoms with Gasteiger partial charge in [-0.2, -0.15) is 0 Å². The van der Waals surface area contributed by atoms with Crippen LogP contribution in [-0.4, -0.2) is 6.85 Å². The van der Waals surface area contributed by atoms with Gasteiger partial charge in [0, 0.05) is 53.9 Å². The maximum atomic E-state index is 2.66. The van der Waals surface area contributed by atoms with Gasteiger partial charge in [0.25, 0.3) is 0 Å². The molecule has 9 aromatic carbocycles. The minimum absolute atomic E-state index is 0.0463. The first-order valence-corrected chi connectivity index (χ1v) is 21.5. The first-order valence-electron chi connectivity index (χ1n) is 20.7. The fraction of sp³-hybridized carbons (Fsp3) is 0.0909. The van der Waals surface area contributed by atoms with E-state index in [2.05, 4.69) is 213 Å². The summed E-state index contributed by atoms with van der Waals surface area (Å²) in [5.41, 5.74) is 16.5. The van der Waals surface area contributed by atoms with Crippen molar-refractivity contribution in [2.24, 2.45) is 0 Å². The summed E-state index contributed by atoms with van der Waals surface area (Å²) in [4.78, 5) is 5.29. The molecule has 0 saturated heterocycles. The number of rotatable bonds is 3. The summed E-state index contributed by atoms with van der Waals surface area (Å²) < 4.78 is 2.62. The average Bonchev–Trinajstić information content (AvgIpc) is 3.63. The molecule has 0 amide bonds. The van der Waals surface area contributed by atoms with Crippen LogP contribution in [0.4, 0.5) is 28.4 Å². The van der Waals surface area contributed by atoms with Gasteiger partial charge in [-0.25, -0.2) is 0 Å². The van der Waals surface area contributed by atoms with Crippen LogP contribution in [0.25, 0.3) is 64.0 Å². The van der Waals surface area contributed by atoms with Crippen molar-refractivity contribution in [2.75, 3.05) is 9.71 Å². The normalized spacial score (nSPS) is 13.3. The molecule has 3 heterocycles. The first-order chi connectivity index (χ1) is 28.8. The van der Waals surface area contributed by atoms with Crippen molar-refractivity contribution >= 4 is 99.3 Å². The van der Waals surface area contributed by atoms with Gasteiger partial charge in [-0.1, -0.05) is 148 Å². The fourth-order valence-corrected chi connectivity index (χ4v) is 11.2. The lowest BCUT2D eigenvalue weighted by Crippen LogP contribution is -2.61. The third kappa shape index (κ3) is 5.12. The highest BCUT2D eigenvalue weighted by atomic mass is 32.1. The zero-order valence-electron chi connectivity index (χ0n) is 33.6. The second-order valence-corrected chi connectivity index (χ2v) is 18.4. The Bertz CT molecular complexity index is 3340. The zero-order chi connectivity index (χ0) is 39.6. The van der Waals surface area contributed by atoms with Crippen molar-refractivity contribution in [1.29, 1.82) is 0 Å². The van der Waals surface area contributed by atoms with E-state index in [-0.39, 0.29) is 12.3 Å². The topological polar surface area (TPSA) is 6.48 Å². The first kappa shape index (κ1) is 34.4. The predicted molar refractivity (Wildman–Crippen MR) is 257 cm³/mol. The molecular formula is C55H41BN2S. The van der Waals surface area contributed by atoms with Crippen molar-refractivity contribution in [3.05, 3.63) is 187 Å². The van der Waals surface area contributed by atoms with Gasteiger partial charge in [0.2, 0.25) is 0 Å². The predicted octanol–water partition coefficient (Wildman–Crippen LogP) is 14.3. The lowest BCUT2D eigenvalue weighted by Gasteiger charge is -2.46. The third-order valence-electron chi connectivity index (χ3n) is 12.9. The van der Waals surface area contributed by atoms with Gasteiger partial charge in [-0.05, 0) is 116 Å². The van der Waals surface area contributed by atoms with Crippen LogP contribution in [0.5, 0.6) is 0 Å². The summed E-state index contributed by atoms with van der Waals surface area (Å²) in [7, 11) is 0. The van der Waals surface area contributed by atoms with Gasteiger partial charge in [-0.3, -0.25) is 0 Å². The molecule has 0 aliphatic carbocycles. The van der Waals surface area contributed by atoms with Crippen LogP contribution in [0, 0.1) is 6.92 Å². The van der Waals surface area contributed by atoms with Crippen molar-refractivity contribution in [2.45, 2.75) is 33.1 Å². The number of benzene rings is 9. The Hall–Kier alpha value is -6.62. The number of thiophene rings is 1. The van der Waals surface area contributed by atoms with Crippen LogP contribution < -0.4 is 20.6 Å². The Labute approximate surface area is 349 Å². The molecule has 2 nitrogen and oxygen atoms in total. The average molecular weight is 773 g/mol. The van der Waals surface area contributed by atoms with Crippen LogP contribution in [0.3, 0.4) is 0 Å². The largest absolute Gasteiger partial charge is 0.376 e. The maximum Gasteiger partial charge on any atom is 0.333 e. The second-order valence-electron chi connectivity index (χ2n) is 17.4. The molecule has 0 atom stereocenters. The summed E-state index contributed by atoms with van der Waals surface area (Å²) in [5.74, 6) is 0. The molecule has 280 valence electrons. The van der Waals surface area contributed by atoms with E-state index in [9.17, 15) is 0 Å². The molecule has 4 heteroatoms. The van der Waals surface area contributed by atoms with Gasteiger partial charge in [-0.15, -0.1) is 11.3 Å². The molecule has 2 aliphatic rings. The molecule has 2 aliphatic heterocycles. The van der Waals surface area contributed by atoms with Crippen LogP contribution in [-0.2, 0) is 5.41 Å². The Balaban J connectivity index is 1.24. The van der Waals surface area contributed by atoms with Gasteiger partial charge < -0.3 is 9.71 Å². The van der Waals surface area contributed by atoms with E-state index in [0.29, 0.717) is 0 Å². The van der Waals surface area contributed by atoms with E-state index < -0.39 is 0 Å². The summed E-state index contributed by atoms with van der Waals surface area (Å²) in [6.07, 6.45) is 0. The molecule has 1 aromatic heterocycles. The molecular weight excluding hydrogens is 731 g/mol. The van der Waals surface area contributed by atoms with Gasteiger partial charge >= 0.3 is 6.85 Å². The number of aryl methyl sites for hydroxylation is 1. The van der Waals surface area contributed by atoms with E-state index in [1.54, 1.807) is 0 Å². The van der Waals surface area contributed by atoms with E-state index >= 15 is 0 Å². The van der Waals surface area contributed by atoms with E-state index in [1.807, 2.05) is 11.3 Å². The highest BCUT2D eigenvalue weighted by Crippen LogP contribution is 2.52. The second kappa shape index (κ2) is 12.7. The summed E-state index contributed by atoms with van der Waals surface area (Å²) in [6.45, 7) is 9.10. The number of fused-ring (bicyclic) bond motifs is 11. The van der Waals surface area contributed by atoms with Gasteiger partial charge in [0.05, 0.1) is 5.69 Å². The quantitative estimate of drug-likeness (QED) is 0.165. The molecule has 12 rings (SSSR count). The smallest absolute Gasteiger partial charge is 0.333 e. The van der Waals surface area contributed by atoms with Crippen molar-refractivity contribution in [3.63, 3.8) is 0 Å². The van der Waals surface area contributed by atoms with Crippen molar-refractivity contribution in [1.82, 2.24) is 0 Å². The summed E-state index contributed by atoms with van der Waals surface area (Å²) in [6, 6.07) is 66.3. The minimum Gasteiger partial charge on any atom is -0.376 e.